The molecule has 0 atom stereocenters. The average Bonchev–Trinajstić information content (AvgIpc) is 1.62. The van der Waals surface area contributed by atoms with Gasteiger partial charge in [0.2, 0.25) is 5.71 Å². The molecule has 8 heterocycles. The SMILES string of the molecule is c1ccc(-n2c3ccccc3c3c4ccccc4n(-c4ccc5c(c4)c4ccccc4n5-c4ccccc4-c4ccccc4-n4c5ccccc5c5cc(-c6ccc7c(c6)c6c8ccccc8oc6n7-c6ccc7c(c6)c6ccccc6n7-c6ccccc6-c6ccccc6-n6c7ccccc7c7ccccc76)ccc54)c32)cc1. The van der Waals surface area contributed by atoms with Gasteiger partial charge in [0.25, 0.3) is 0 Å². The molecule has 0 fully saturated rings. The van der Waals surface area contributed by atoms with Crippen LogP contribution in [0.15, 0.2) is 399 Å². The number of fused-ring (bicyclic) bond motifs is 22. The third-order valence-electron chi connectivity index (χ3n) is 24.4. The minimum Gasteiger partial charge on any atom is -0.439 e. The summed E-state index contributed by atoms with van der Waals surface area (Å²) in [7, 11) is 0. The summed E-state index contributed by atoms with van der Waals surface area (Å²) in [5.41, 5.74) is 29.9. The van der Waals surface area contributed by atoms with Crippen molar-refractivity contribution in [2.45, 2.75) is 0 Å². The molecule has 0 bridgehead atoms. The highest BCUT2D eigenvalue weighted by molar-refractivity contribution is 6.24. The van der Waals surface area contributed by atoms with Gasteiger partial charge in [-0.1, -0.05) is 249 Å². The second kappa shape index (κ2) is 24.1. The molecule has 25 aromatic rings. The number of para-hydroxylation sites is 13. The molecule has 17 aromatic carbocycles. The predicted octanol–water partition coefficient (Wildman–Crippen LogP) is 28.0. The second-order valence-electron chi connectivity index (χ2n) is 30.2. The van der Waals surface area contributed by atoms with Gasteiger partial charge in [-0.05, 0) is 157 Å². The minimum absolute atomic E-state index is 0.816. The molecule has 0 aliphatic rings. The van der Waals surface area contributed by atoms with E-state index in [0.29, 0.717) is 0 Å². The van der Waals surface area contributed by atoms with E-state index < -0.39 is 0 Å². The molecular weight excluding hydrogens is 1390 g/mol. The molecule has 0 amide bonds. The first-order chi connectivity index (χ1) is 56.6. The normalized spacial score (nSPS) is 12.2. The Morgan fingerprint density at radius 1 is 0.167 bits per heavy atom. The van der Waals surface area contributed by atoms with Crippen molar-refractivity contribution in [3.8, 4) is 73.2 Å². The molecule has 0 saturated heterocycles. The van der Waals surface area contributed by atoms with E-state index in [9.17, 15) is 0 Å². The van der Waals surface area contributed by atoms with Crippen LogP contribution in [-0.2, 0) is 0 Å². The molecule has 0 aliphatic heterocycles. The third kappa shape index (κ3) is 8.81. The molecule has 8 aromatic heterocycles. The zero-order valence-corrected chi connectivity index (χ0v) is 61.6. The standard InChI is InChI=1S/C106H65N7O/c1-2-28-68(29-3-1)107-96-51-25-13-39-80(96)103-81-40-14-26-52-97(81)108(105(103)107)69-56-60-99-84(64-69)78-37-11-23-49-94(78)112(99)92-47-21-9-35-76(92)75-34-7-19-45-90(75)111-93-48-22-10-36-77(93)83-62-66(54-58-98(83)111)67-55-59-101-86(63-67)104-82-41-15-27-53-102(82)114-106(104)109(101)70-57-61-100-85(65-70)79-38-12-24-50-95(79)113(100)91-46-20-8-33-74(91)73-32-6-18-44-89(73)110-87-42-16-4-30-71(87)72-31-5-17-43-88(72)110/h1-65H. The fraction of sp³-hybridized carbons (Fsp3) is 0. The van der Waals surface area contributed by atoms with Crippen molar-refractivity contribution in [2.75, 3.05) is 0 Å². The monoisotopic (exact) mass is 1450 g/mol. The average molecular weight is 1450 g/mol. The van der Waals surface area contributed by atoms with Crippen molar-refractivity contribution in [2.24, 2.45) is 0 Å². The molecule has 0 unspecified atom stereocenters. The van der Waals surface area contributed by atoms with Crippen molar-refractivity contribution in [1.82, 2.24) is 32.0 Å². The van der Waals surface area contributed by atoms with Crippen LogP contribution in [0, 0.1) is 0 Å². The van der Waals surface area contributed by atoms with E-state index in [0.717, 1.165) is 150 Å². The summed E-state index contributed by atoms with van der Waals surface area (Å²) in [6.07, 6.45) is 0. The van der Waals surface area contributed by atoms with Crippen LogP contribution in [0.2, 0.25) is 0 Å². The van der Waals surface area contributed by atoms with Crippen molar-refractivity contribution in [3.05, 3.63) is 394 Å². The Hall–Kier alpha value is -15.4. The molecule has 25 rings (SSSR count). The first-order valence-electron chi connectivity index (χ1n) is 39.1. The summed E-state index contributed by atoms with van der Waals surface area (Å²) in [5.74, 6) is 0. The van der Waals surface area contributed by atoms with Crippen molar-refractivity contribution in [3.63, 3.8) is 0 Å². The number of benzene rings is 17. The quantitative estimate of drug-likeness (QED) is 0.135. The van der Waals surface area contributed by atoms with E-state index >= 15 is 0 Å². The number of hydrogen-bond acceptors (Lipinski definition) is 1. The lowest BCUT2D eigenvalue weighted by molar-refractivity contribution is 0.645. The Labute approximate surface area is 652 Å². The third-order valence-corrected chi connectivity index (χ3v) is 24.4. The Balaban J connectivity index is 0.610. The number of nitrogens with zero attached hydrogens (tertiary/aromatic N) is 7. The van der Waals surface area contributed by atoms with Gasteiger partial charge < -0.3 is 22.7 Å². The van der Waals surface area contributed by atoms with Crippen molar-refractivity contribution < 1.29 is 4.42 Å². The van der Waals surface area contributed by atoms with Gasteiger partial charge in [0, 0.05) is 109 Å². The van der Waals surface area contributed by atoms with Crippen LogP contribution in [0.5, 0.6) is 0 Å². The Morgan fingerprint density at radius 3 is 0.886 bits per heavy atom. The van der Waals surface area contributed by atoms with E-state index in [-0.39, 0.29) is 0 Å². The topological polar surface area (TPSA) is 47.6 Å². The van der Waals surface area contributed by atoms with Gasteiger partial charge in [0.15, 0.2) is 0 Å². The fourth-order valence-corrected chi connectivity index (χ4v) is 19.6. The van der Waals surface area contributed by atoms with Crippen LogP contribution in [0.4, 0.5) is 0 Å². The van der Waals surface area contributed by atoms with Gasteiger partial charge >= 0.3 is 0 Å². The van der Waals surface area contributed by atoms with Gasteiger partial charge in [-0.2, -0.15) is 0 Å². The van der Waals surface area contributed by atoms with Crippen molar-refractivity contribution in [1.29, 1.82) is 0 Å². The van der Waals surface area contributed by atoms with Crippen LogP contribution in [0.1, 0.15) is 0 Å². The molecule has 0 aliphatic carbocycles. The molecule has 0 saturated carbocycles. The van der Waals surface area contributed by atoms with Crippen LogP contribution >= 0.6 is 0 Å². The first kappa shape index (κ1) is 62.5. The van der Waals surface area contributed by atoms with E-state index in [1.54, 1.807) is 0 Å². The van der Waals surface area contributed by atoms with Gasteiger partial charge in [0.05, 0.1) is 88.8 Å². The Kier molecular flexibility index (Phi) is 13.2. The minimum atomic E-state index is 0.816. The molecule has 8 nitrogen and oxygen atoms in total. The lowest BCUT2D eigenvalue weighted by Gasteiger charge is -2.18. The predicted molar refractivity (Wildman–Crippen MR) is 475 cm³/mol. The van der Waals surface area contributed by atoms with Gasteiger partial charge in [-0.15, -0.1) is 0 Å². The summed E-state index contributed by atoms with van der Waals surface area (Å²) in [4.78, 5) is 0. The second-order valence-corrected chi connectivity index (χ2v) is 30.2. The molecule has 114 heavy (non-hydrogen) atoms. The van der Waals surface area contributed by atoms with E-state index in [2.05, 4.69) is 426 Å². The summed E-state index contributed by atoms with van der Waals surface area (Å²) in [5, 5.41) is 16.6. The van der Waals surface area contributed by atoms with Gasteiger partial charge in [-0.25, -0.2) is 0 Å². The summed E-state index contributed by atoms with van der Waals surface area (Å²) < 4.78 is 24.2. The number of rotatable bonds is 10. The maximum absolute atomic E-state index is 7.07. The number of furan rings is 1. The zero-order chi connectivity index (χ0) is 74.4. The maximum Gasteiger partial charge on any atom is 0.213 e. The van der Waals surface area contributed by atoms with Crippen molar-refractivity contribution >= 4 is 153 Å². The molecule has 530 valence electrons. The highest BCUT2D eigenvalue weighted by Gasteiger charge is 2.28. The smallest absolute Gasteiger partial charge is 0.213 e. The maximum atomic E-state index is 7.07. The van der Waals surface area contributed by atoms with Crippen LogP contribution in [-0.4, -0.2) is 32.0 Å². The van der Waals surface area contributed by atoms with Gasteiger partial charge in [0.1, 0.15) is 11.2 Å². The number of hydrogen-bond donors (Lipinski definition) is 0. The zero-order valence-electron chi connectivity index (χ0n) is 61.6. The van der Waals surface area contributed by atoms with Gasteiger partial charge in [-0.3, -0.25) is 13.7 Å². The summed E-state index contributed by atoms with van der Waals surface area (Å²) in [6.45, 7) is 0. The van der Waals surface area contributed by atoms with E-state index in [4.69, 9.17) is 4.42 Å². The lowest BCUT2D eigenvalue weighted by Crippen LogP contribution is -2.02. The summed E-state index contributed by atoms with van der Waals surface area (Å²) >= 11 is 0. The van der Waals surface area contributed by atoms with Crippen LogP contribution in [0.3, 0.4) is 0 Å². The molecule has 8 heteroatoms. The van der Waals surface area contributed by atoms with E-state index in [1.165, 1.54) is 75.9 Å². The first-order valence-corrected chi connectivity index (χ1v) is 39.1. The van der Waals surface area contributed by atoms with Crippen LogP contribution < -0.4 is 0 Å². The number of aromatic nitrogens is 7. The van der Waals surface area contributed by atoms with E-state index in [1.807, 2.05) is 0 Å². The highest BCUT2D eigenvalue weighted by Crippen LogP contribution is 2.49. The fourth-order valence-electron chi connectivity index (χ4n) is 19.6. The largest absolute Gasteiger partial charge is 0.439 e. The molecule has 0 radical (unpaired) electrons. The molecular formula is C106H65N7O. The molecule has 0 N–H and O–H groups in total. The lowest BCUT2D eigenvalue weighted by atomic mass is 10.00. The highest BCUT2D eigenvalue weighted by atomic mass is 16.3. The Bertz CT molecular complexity index is 8330. The Morgan fingerprint density at radius 2 is 0.456 bits per heavy atom. The van der Waals surface area contributed by atoms with Crippen LogP contribution in [0.25, 0.3) is 226 Å². The molecule has 0 spiro atoms. The summed E-state index contributed by atoms with van der Waals surface area (Å²) in [6, 6.07) is 145.